The number of nitrogens with zero attached hydrogens (tertiary/aromatic N) is 3. The van der Waals surface area contributed by atoms with Crippen LogP contribution in [0.3, 0.4) is 0 Å². The Kier molecular flexibility index (Phi) is 6.67. The Balaban J connectivity index is 1.83. The van der Waals surface area contributed by atoms with Crippen LogP contribution in [0.5, 0.6) is 17.2 Å². The molecule has 9 heteroatoms. The molecule has 7 nitrogen and oxygen atoms in total. The van der Waals surface area contributed by atoms with Crippen LogP contribution in [0.1, 0.15) is 21.6 Å². The summed E-state index contributed by atoms with van der Waals surface area (Å²) in [6, 6.07) is 12.6. The fourth-order valence-corrected chi connectivity index (χ4v) is 4.92. The summed E-state index contributed by atoms with van der Waals surface area (Å²) in [7, 11) is 4.54. The first-order valence-corrected chi connectivity index (χ1v) is 11.2. The Morgan fingerprint density at radius 1 is 1.06 bits per heavy atom. The molecule has 0 spiro atoms. The van der Waals surface area contributed by atoms with E-state index in [0.29, 0.717) is 33.0 Å². The smallest absolute Gasteiger partial charge is 0.260 e. The Morgan fingerprint density at radius 2 is 1.79 bits per heavy atom. The minimum Gasteiger partial charge on any atom is -0.493 e. The number of hydrogen-bond acceptors (Lipinski definition) is 7. The summed E-state index contributed by atoms with van der Waals surface area (Å²) in [4.78, 5) is 24.6. The van der Waals surface area contributed by atoms with Crippen molar-refractivity contribution in [2.24, 2.45) is 0 Å². The third kappa shape index (κ3) is 4.58. The van der Waals surface area contributed by atoms with Crippen molar-refractivity contribution in [3.8, 4) is 17.2 Å². The van der Waals surface area contributed by atoms with Gasteiger partial charge in [-0.1, -0.05) is 29.0 Å². The maximum absolute atomic E-state index is 13.8. The molecule has 33 heavy (non-hydrogen) atoms. The molecule has 4 rings (SSSR count). The molecule has 0 aliphatic heterocycles. The van der Waals surface area contributed by atoms with Gasteiger partial charge in [-0.15, -0.1) is 0 Å². The summed E-state index contributed by atoms with van der Waals surface area (Å²) in [5, 5.41) is 1.17. The number of amides is 1. The first kappa shape index (κ1) is 22.8. The molecule has 0 saturated carbocycles. The molecule has 0 N–H and O–H groups in total. The summed E-state index contributed by atoms with van der Waals surface area (Å²) in [5.74, 6) is 0.926. The number of rotatable bonds is 7. The predicted octanol–water partition coefficient (Wildman–Crippen LogP) is 5.53. The van der Waals surface area contributed by atoms with Gasteiger partial charge in [0.15, 0.2) is 16.6 Å². The number of aromatic nitrogens is 2. The lowest BCUT2D eigenvalue weighted by molar-refractivity contribution is 0.0984. The number of fused-ring (bicyclic) bond motifs is 1. The molecule has 4 aromatic rings. The van der Waals surface area contributed by atoms with E-state index < -0.39 is 0 Å². The van der Waals surface area contributed by atoms with Crippen LogP contribution < -0.4 is 19.1 Å². The van der Waals surface area contributed by atoms with Gasteiger partial charge < -0.3 is 14.2 Å². The Bertz CT molecular complexity index is 1290. The highest BCUT2D eigenvalue weighted by Crippen LogP contribution is 2.40. The topological polar surface area (TPSA) is 73.8 Å². The molecule has 170 valence electrons. The van der Waals surface area contributed by atoms with Crippen molar-refractivity contribution in [1.29, 1.82) is 0 Å². The lowest BCUT2D eigenvalue weighted by Crippen LogP contribution is -2.30. The number of pyridine rings is 1. The zero-order valence-electron chi connectivity index (χ0n) is 18.6. The molecule has 0 fully saturated rings. The minimum absolute atomic E-state index is 0.239. The van der Waals surface area contributed by atoms with Gasteiger partial charge in [-0.3, -0.25) is 14.7 Å². The Hall–Kier alpha value is -3.36. The fourth-order valence-electron chi connectivity index (χ4n) is 3.50. The molecule has 0 unspecified atom stereocenters. The third-order valence-corrected chi connectivity index (χ3v) is 6.32. The molecule has 0 atom stereocenters. The zero-order chi connectivity index (χ0) is 23.5. The van der Waals surface area contributed by atoms with Gasteiger partial charge in [0.05, 0.1) is 43.8 Å². The summed E-state index contributed by atoms with van der Waals surface area (Å²) in [6.45, 7) is 2.19. The molecule has 0 aliphatic rings. The maximum Gasteiger partial charge on any atom is 0.260 e. The van der Waals surface area contributed by atoms with Crippen molar-refractivity contribution in [2.45, 2.75) is 13.5 Å². The number of methoxy groups -OCH3 is 3. The Labute approximate surface area is 200 Å². The molecule has 0 bridgehead atoms. The van der Waals surface area contributed by atoms with Gasteiger partial charge in [-0.2, -0.15) is 0 Å². The lowest BCUT2D eigenvalue weighted by atomic mass is 10.1. The van der Waals surface area contributed by atoms with Crippen molar-refractivity contribution in [3.05, 3.63) is 70.5 Å². The highest BCUT2D eigenvalue weighted by molar-refractivity contribution is 7.22. The van der Waals surface area contributed by atoms with E-state index in [1.54, 1.807) is 23.2 Å². The number of aryl methyl sites for hydroxylation is 1. The molecule has 2 aromatic heterocycles. The number of hydrogen-bond donors (Lipinski definition) is 0. The normalized spacial score (nSPS) is 10.8. The lowest BCUT2D eigenvalue weighted by Gasteiger charge is -2.21. The van der Waals surface area contributed by atoms with Gasteiger partial charge >= 0.3 is 0 Å². The highest BCUT2D eigenvalue weighted by atomic mass is 35.5. The highest BCUT2D eigenvalue weighted by Gasteiger charge is 2.25. The summed E-state index contributed by atoms with van der Waals surface area (Å²) >= 11 is 7.64. The van der Waals surface area contributed by atoms with Crippen LogP contribution >= 0.6 is 22.9 Å². The van der Waals surface area contributed by atoms with E-state index in [4.69, 9.17) is 30.8 Å². The van der Waals surface area contributed by atoms with Crippen LogP contribution in [0.15, 0.2) is 48.7 Å². The first-order valence-electron chi connectivity index (χ1n) is 10.0. The van der Waals surface area contributed by atoms with Crippen molar-refractivity contribution in [3.63, 3.8) is 0 Å². The summed E-state index contributed by atoms with van der Waals surface area (Å²) in [5.41, 5.74) is 2.85. The average molecular weight is 484 g/mol. The number of benzene rings is 2. The number of ether oxygens (including phenoxy) is 3. The van der Waals surface area contributed by atoms with E-state index in [1.165, 1.54) is 32.7 Å². The molecule has 2 aromatic carbocycles. The van der Waals surface area contributed by atoms with Crippen LogP contribution in [0.2, 0.25) is 5.02 Å². The number of thiazole rings is 1. The fraction of sp³-hybridized carbons (Fsp3) is 0.208. The molecule has 0 aliphatic carbocycles. The second kappa shape index (κ2) is 9.64. The molecule has 2 heterocycles. The van der Waals surface area contributed by atoms with Crippen LogP contribution in [0.4, 0.5) is 5.13 Å². The van der Waals surface area contributed by atoms with Gasteiger partial charge in [0.25, 0.3) is 5.91 Å². The third-order valence-electron chi connectivity index (χ3n) is 5.07. The van der Waals surface area contributed by atoms with E-state index in [0.717, 1.165) is 21.5 Å². The van der Waals surface area contributed by atoms with Crippen LogP contribution in [0, 0.1) is 6.92 Å². The largest absolute Gasteiger partial charge is 0.493 e. The summed E-state index contributed by atoms with van der Waals surface area (Å²) < 4.78 is 17.2. The van der Waals surface area contributed by atoms with Crippen molar-refractivity contribution < 1.29 is 19.0 Å². The summed E-state index contributed by atoms with van der Waals surface area (Å²) in [6.07, 6.45) is 1.69. The quantitative estimate of drug-likeness (QED) is 0.344. The van der Waals surface area contributed by atoms with E-state index in [-0.39, 0.29) is 12.5 Å². The van der Waals surface area contributed by atoms with Gasteiger partial charge in [0.2, 0.25) is 5.75 Å². The molecule has 0 saturated heterocycles. The van der Waals surface area contributed by atoms with Gasteiger partial charge in [0, 0.05) is 16.8 Å². The van der Waals surface area contributed by atoms with E-state index in [1.807, 2.05) is 37.3 Å². The maximum atomic E-state index is 13.8. The van der Waals surface area contributed by atoms with E-state index >= 15 is 0 Å². The number of carbonyl (C=O) groups is 1. The molecule has 0 radical (unpaired) electrons. The van der Waals surface area contributed by atoms with E-state index in [2.05, 4.69) is 4.98 Å². The Morgan fingerprint density at radius 3 is 2.39 bits per heavy atom. The standard InChI is InChI=1S/C24H22ClN3O4S/c1-14-9-16(25)12-20-21(14)27-24(33-20)28(13-17-7-5-6-8-26-17)23(29)15-10-18(30-2)22(32-4)19(11-15)31-3/h5-12H,13H2,1-4H3. The van der Waals surface area contributed by atoms with Crippen LogP contribution in [-0.4, -0.2) is 37.2 Å². The first-order chi connectivity index (χ1) is 15.9. The minimum atomic E-state index is -0.275. The number of anilines is 1. The van der Waals surface area contributed by atoms with Gasteiger partial charge in [0.1, 0.15) is 0 Å². The second-order valence-electron chi connectivity index (χ2n) is 7.19. The number of halogens is 1. The van der Waals surface area contributed by atoms with Crippen molar-refractivity contribution >= 4 is 44.2 Å². The monoisotopic (exact) mass is 483 g/mol. The SMILES string of the molecule is COc1cc(C(=O)N(Cc2ccccn2)c2nc3c(C)cc(Cl)cc3s2)cc(OC)c1OC. The van der Waals surface area contributed by atoms with Crippen molar-refractivity contribution in [2.75, 3.05) is 26.2 Å². The molecule has 1 amide bonds. The number of carbonyl (C=O) groups excluding carboxylic acids is 1. The van der Waals surface area contributed by atoms with Gasteiger partial charge in [-0.05, 0) is 48.9 Å². The zero-order valence-corrected chi connectivity index (χ0v) is 20.2. The van der Waals surface area contributed by atoms with Crippen molar-refractivity contribution in [1.82, 2.24) is 9.97 Å². The predicted molar refractivity (Wildman–Crippen MR) is 130 cm³/mol. The second-order valence-corrected chi connectivity index (χ2v) is 8.64. The van der Waals surface area contributed by atoms with E-state index in [9.17, 15) is 4.79 Å². The average Bonchev–Trinajstić information content (AvgIpc) is 3.25. The van der Waals surface area contributed by atoms with Crippen LogP contribution in [0.25, 0.3) is 10.2 Å². The molecular formula is C24H22ClN3O4S. The molecular weight excluding hydrogens is 462 g/mol. The van der Waals surface area contributed by atoms with Gasteiger partial charge in [-0.25, -0.2) is 4.98 Å². The van der Waals surface area contributed by atoms with Crippen LogP contribution in [-0.2, 0) is 6.54 Å².